The standard InChI is InChI=1S/C28H34O4/c1-3-20-6-4-8-23(16-20)32-24-9-5-7-22(18-24)28-14-12-27(13-15-28,19-31-28)11-10-21-17-25(21)26(29)30-2/h4-9,16,18,21,25H,3,10-15,17,19H2,1-2H3/t21-,25-,27?,28?/m1/s1. The van der Waals surface area contributed by atoms with Crippen LogP contribution in [0.25, 0.3) is 0 Å². The molecular formula is C28H34O4. The second-order valence-electron chi connectivity index (χ2n) is 10.1. The molecule has 4 aliphatic rings. The van der Waals surface area contributed by atoms with Gasteiger partial charge in [-0.1, -0.05) is 31.2 Å². The molecule has 2 aliphatic heterocycles. The normalized spacial score (nSPS) is 30.7. The van der Waals surface area contributed by atoms with Crippen LogP contribution < -0.4 is 4.74 Å². The van der Waals surface area contributed by atoms with Crippen molar-refractivity contribution in [3.05, 3.63) is 59.7 Å². The topological polar surface area (TPSA) is 44.8 Å². The molecule has 32 heavy (non-hydrogen) atoms. The van der Waals surface area contributed by atoms with E-state index >= 15 is 0 Å². The number of ether oxygens (including phenoxy) is 3. The summed E-state index contributed by atoms with van der Waals surface area (Å²) in [6.45, 7) is 2.98. The van der Waals surface area contributed by atoms with E-state index in [4.69, 9.17) is 14.2 Å². The predicted octanol–water partition coefficient (Wildman–Crippen LogP) is 6.42. The smallest absolute Gasteiger partial charge is 0.308 e. The summed E-state index contributed by atoms with van der Waals surface area (Å²) in [6.07, 6.45) is 8.81. The Morgan fingerprint density at radius 3 is 2.50 bits per heavy atom. The summed E-state index contributed by atoms with van der Waals surface area (Å²) in [5, 5.41) is 0. The van der Waals surface area contributed by atoms with Crippen molar-refractivity contribution in [2.24, 2.45) is 17.3 Å². The van der Waals surface area contributed by atoms with Crippen LogP contribution in [-0.2, 0) is 26.3 Å². The van der Waals surface area contributed by atoms with Crippen molar-refractivity contribution >= 4 is 5.97 Å². The number of benzene rings is 2. The van der Waals surface area contributed by atoms with Crippen molar-refractivity contribution in [3.8, 4) is 11.5 Å². The highest BCUT2D eigenvalue weighted by Gasteiger charge is 2.52. The second-order valence-corrected chi connectivity index (χ2v) is 10.1. The first kappa shape index (κ1) is 21.5. The Balaban J connectivity index is 1.22. The minimum Gasteiger partial charge on any atom is -0.469 e. The van der Waals surface area contributed by atoms with Crippen LogP contribution in [0.3, 0.4) is 0 Å². The first-order chi connectivity index (χ1) is 15.5. The number of hydrogen-bond acceptors (Lipinski definition) is 4. The second kappa shape index (κ2) is 8.55. The molecule has 6 rings (SSSR count). The van der Waals surface area contributed by atoms with Gasteiger partial charge in [0.15, 0.2) is 0 Å². The zero-order chi connectivity index (χ0) is 22.2. The average Bonchev–Trinajstić information content (AvgIpc) is 3.64. The van der Waals surface area contributed by atoms with Crippen LogP contribution in [-0.4, -0.2) is 19.7 Å². The van der Waals surface area contributed by atoms with Crippen LogP contribution >= 0.6 is 0 Å². The number of aryl methyl sites for hydroxylation is 1. The molecule has 4 nitrogen and oxygen atoms in total. The van der Waals surface area contributed by atoms with E-state index in [1.54, 1.807) is 0 Å². The van der Waals surface area contributed by atoms with E-state index in [1.807, 2.05) is 12.1 Å². The fraction of sp³-hybridized carbons (Fsp3) is 0.536. The quantitative estimate of drug-likeness (QED) is 0.450. The molecule has 0 unspecified atom stereocenters. The molecular weight excluding hydrogens is 400 g/mol. The highest BCUT2D eigenvalue weighted by atomic mass is 16.5. The van der Waals surface area contributed by atoms with E-state index in [0.29, 0.717) is 11.3 Å². The zero-order valence-electron chi connectivity index (χ0n) is 19.3. The van der Waals surface area contributed by atoms with Gasteiger partial charge >= 0.3 is 5.97 Å². The lowest BCUT2D eigenvalue weighted by Gasteiger charge is -2.53. The molecule has 0 amide bonds. The van der Waals surface area contributed by atoms with Crippen LogP contribution in [0.4, 0.5) is 0 Å². The lowest BCUT2D eigenvalue weighted by Crippen LogP contribution is -2.49. The SMILES string of the molecule is CCc1cccc(Oc2cccc(C34CCC(CC[C@@H]5C[C@H]5C(=O)OC)(CC3)CO4)c2)c1. The van der Waals surface area contributed by atoms with Crippen LogP contribution in [0.15, 0.2) is 48.5 Å². The molecule has 4 fully saturated rings. The monoisotopic (exact) mass is 434 g/mol. The average molecular weight is 435 g/mol. The molecule has 2 aromatic rings. The molecule has 0 aromatic heterocycles. The number of carbonyl (C=O) groups excluding carboxylic acids is 1. The lowest BCUT2D eigenvalue weighted by atomic mass is 9.62. The Morgan fingerprint density at radius 1 is 1.06 bits per heavy atom. The highest BCUT2D eigenvalue weighted by molar-refractivity contribution is 5.75. The largest absolute Gasteiger partial charge is 0.469 e. The van der Waals surface area contributed by atoms with Crippen LogP contribution in [0, 0.1) is 17.3 Å². The number of hydrogen-bond donors (Lipinski definition) is 0. The fourth-order valence-electron chi connectivity index (χ4n) is 5.76. The summed E-state index contributed by atoms with van der Waals surface area (Å²) < 4.78 is 17.7. The van der Waals surface area contributed by atoms with Crippen molar-refractivity contribution in [2.45, 2.75) is 63.9 Å². The van der Waals surface area contributed by atoms with Crippen LogP contribution in [0.5, 0.6) is 11.5 Å². The van der Waals surface area contributed by atoms with Crippen molar-refractivity contribution < 1.29 is 19.0 Å². The third-order valence-electron chi connectivity index (χ3n) is 8.15. The lowest BCUT2D eigenvalue weighted by molar-refractivity contribution is -0.192. The predicted molar refractivity (Wildman–Crippen MR) is 124 cm³/mol. The Morgan fingerprint density at radius 2 is 1.81 bits per heavy atom. The highest BCUT2D eigenvalue weighted by Crippen LogP contribution is 2.57. The maximum Gasteiger partial charge on any atom is 0.308 e. The number of rotatable bonds is 8. The molecule has 170 valence electrons. The maximum absolute atomic E-state index is 11.7. The number of fused-ring (bicyclic) bond motifs is 3. The Bertz CT molecular complexity index is 956. The molecule has 2 aromatic carbocycles. The van der Waals surface area contributed by atoms with E-state index < -0.39 is 0 Å². The third-order valence-corrected chi connectivity index (χ3v) is 8.15. The van der Waals surface area contributed by atoms with Crippen molar-refractivity contribution in [2.75, 3.05) is 13.7 Å². The van der Waals surface area contributed by atoms with Gasteiger partial charge in [-0.05, 0) is 98.1 Å². The van der Waals surface area contributed by atoms with Crippen LogP contribution in [0.2, 0.25) is 0 Å². The summed E-state index contributed by atoms with van der Waals surface area (Å²) in [4.78, 5) is 11.7. The van der Waals surface area contributed by atoms with Crippen molar-refractivity contribution in [1.82, 2.24) is 0 Å². The van der Waals surface area contributed by atoms with E-state index in [2.05, 4.69) is 43.3 Å². The van der Waals surface area contributed by atoms with Gasteiger partial charge in [0, 0.05) is 0 Å². The summed E-state index contributed by atoms with van der Waals surface area (Å²) in [5.41, 5.74) is 2.63. The minimum atomic E-state index is -0.180. The summed E-state index contributed by atoms with van der Waals surface area (Å²) in [7, 11) is 1.49. The van der Waals surface area contributed by atoms with Gasteiger partial charge in [-0.3, -0.25) is 4.79 Å². The molecule has 2 heterocycles. The van der Waals surface area contributed by atoms with E-state index in [9.17, 15) is 4.79 Å². The van der Waals surface area contributed by atoms with E-state index in [1.165, 1.54) is 31.1 Å². The van der Waals surface area contributed by atoms with Gasteiger partial charge in [0.1, 0.15) is 11.5 Å². The fourth-order valence-corrected chi connectivity index (χ4v) is 5.76. The molecule has 4 heteroatoms. The molecule has 2 bridgehead atoms. The number of methoxy groups -OCH3 is 1. The first-order valence-corrected chi connectivity index (χ1v) is 12.1. The van der Waals surface area contributed by atoms with Gasteiger partial charge in [-0.2, -0.15) is 0 Å². The summed E-state index contributed by atoms with van der Waals surface area (Å²) in [6, 6.07) is 16.8. The Hall–Kier alpha value is -2.33. The van der Waals surface area contributed by atoms with E-state index in [0.717, 1.165) is 56.6 Å². The summed E-state index contributed by atoms with van der Waals surface area (Å²) >= 11 is 0. The maximum atomic E-state index is 11.7. The zero-order valence-corrected chi connectivity index (χ0v) is 19.3. The molecule has 0 N–H and O–H groups in total. The third kappa shape index (κ3) is 4.17. The molecule has 2 atom stereocenters. The van der Waals surface area contributed by atoms with Gasteiger partial charge < -0.3 is 14.2 Å². The van der Waals surface area contributed by atoms with Gasteiger partial charge in [-0.15, -0.1) is 0 Å². The number of carbonyl (C=O) groups is 1. The molecule has 2 aliphatic carbocycles. The Labute approximate surface area is 191 Å². The van der Waals surface area contributed by atoms with Gasteiger partial charge in [0.25, 0.3) is 0 Å². The summed E-state index contributed by atoms with van der Waals surface area (Å²) in [5.74, 6) is 2.39. The molecule has 2 saturated heterocycles. The molecule has 0 radical (unpaired) electrons. The first-order valence-electron chi connectivity index (χ1n) is 12.1. The van der Waals surface area contributed by atoms with Crippen molar-refractivity contribution in [1.29, 1.82) is 0 Å². The Kier molecular flexibility index (Phi) is 5.75. The van der Waals surface area contributed by atoms with E-state index in [-0.39, 0.29) is 17.5 Å². The molecule has 2 saturated carbocycles. The van der Waals surface area contributed by atoms with Gasteiger partial charge in [0.05, 0.1) is 25.2 Å². The van der Waals surface area contributed by atoms with Gasteiger partial charge in [0.2, 0.25) is 0 Å². The molecule has 0 spiro atoms. The van der Waals surface area contributed by atoms with Crippen LogP contribution in [0.1, 0.15) is 63.0 Å². The van der Waals surface area contributed by atoms with Gasteiger partial charge in [-0.25, -0.2) is 0 Å². The van der Waals surface area contributed by atoms with Crippen molar-refractivity contribution in [3.63, 3.8) is 0 Å². The number of esters is 1. The minimum absolute atomic E-state index is 0.0291.